The maximum atomic E-state index is 12.8. The first-order valence-corrected chi connectivity index (χ1v) is 10.7. The number of ether oxygens (including phenoxy) is 1. The molecule has 0 atom stereocenters. The maximum Gasteiger partial charge on any atom is 0.474 e. The topological polar surface area (TPSA) is 100 Å². The number of hydrogen-bond donors (Lipinski definition) is 1. The molecule has 0 unspecified atom stereocenters. The van der Waals surface area contributed by atoms with Crippen LogP contribution in [0.3, 0.4) is 0 Å². The average Bonchev–Trinajstić information content (AvgIpc) is 2.63. The van der Waals surface area contributed by atoms with Gasteiger partial charge in [0.25, 0.3) is 5.91 Å². The number of alkyl halides is 3. The van der Waals surface area contributed by atoms with Gasteiger partial charge in [0, 0.05) is 13.5 Å². The third-order valence-electron chi connectivity index (χ3n) is 3.49. The van der Waals surface area contributed by atoms with Crippen molar-refractivity contribution in [3.05, 3.63) is 29.3 Å². The lowest BCUT2D eigenvalue weighted by Crippen LogP contribution is -2.26. The summed E-state index contributed by atoms with van der Waals surface area (Å²) in [6.45, 7) is 4.86. The molecule has 0 fully saturated rings. The van der Waals surface area contributed by atoms with Crippen LogP contribution < -0.4 is 10.1 Å². The van der Waals surface area contributed by atoms with Gasteiger partial charge in [0.2, 0.25) is 0 Å². The van der Waals surface area contributed by atoms with Crippen molar-refractivity contribution in [3.8, 4) is 5.75 Å². The number of phosphoric ester groups is 1. The third-order valence-corrected chi connectivity index (χ3v) is 5.14. The first-order chi connectivity index (χ1) is 14.0. The second-order valence-electron chi connectivity index (χ2n) is 5.88. The lowest BCUT2D eigenvalue weighted by molar-refractivity contribution is -0.138. The van der Waals surface area contributed by atoms with Crippen molar-refractivity contribution in [1.82, 2.24) is 5.32 Å². The van der Waals surface area contributed by atoms with Gasteiger partial charge in [0.1, 0.15) is 5.75 Å². The predicted molar refractivity (Wildman–Crippen MR) is 101 cm³/mol. The number of hydrogen-bond acceptors (Lipinski definition) is 7. The molecule has 1 aromatic carbocycles. The van der Waals surface area contributed by atoms with E-state index in [0.29, 0.717) is 18.9 Å². The summed E-state index contributed by atoms with van der Waals surface area (Å²) in [6.07, 6.45) is -3.81. The Morgan fingerprint density at radius 3 is 2.23 bits per heavy atom. The molecule has 0 aliphatic heterocycles. The number of nitrogens with one attached hydrogen (secondary N) is 1. The number of carbonyl (C=O) groups is 2. The molecule has 0 radical (unpaired) electrons. The van der Waals surface area contributed by atoms with Crippen LogP contribution in [-0.2, 0) is 29.1 Å². The summed E-state index contributed by atoms with van der Waals surface area (Å²) in [4.78, 5) is 23.4. The fourth-order valence-electron chi connectivity index (χ4n) is 2.25. The van der Waals surface area contributed by atoms with Crippen LogP contribution >= 0.6 is 7.82 Å². The van der Waals surface area contributed by atoms with Gasteiger partial charge < -0.3 is 10.1 Å². The zero-order chi connectivity index (χ0) is 22.8. The second-order valence-corrected chi connectivity index (χ2v) is 7.55. The highest BCUT2D eigenvalue weighted by Gasteiger charge is 2.32. The number of benzene rings is 1. The van der Waals surface area contributed by atoms with Crippen LogP contribution in [-0.4, -0.2) is 38.2 Å². The summed E-state index contributed by atoms with van der Waals surface area (Å²) in [5.41, 5.74) is -1.24. The quantitative estimate of drug-likeness (QED) is 0.217. The van der Waals surface area contributed by atoms with Gasteiger partial charge >= 0.3 is 20.0 Å². The molecule has 0 bridgehead atoms. The number of carbonyl (C=O) groups excluding carboxylic acids is 2. The molecule has 0 saturated heterocycles. The molecule has 170 valence electrons. The highest BCUT2D eigenvalue weighted by atomic mass is 31.2. The van der Waals surface area contributed by atoms with Gasteiger partial charge in [-0.3, -0.25) is 23.2 Å². The highest BCUT2D eigenvalue weighted by Crippen LogP contribution is 2.49. The van der Waals surface area contributed by atoms with Crippen molar-refractivity contribution in [2.24, 2.45) is 0 Å². The molecule has 1 amide bonds. The molecular formula is C18H25F3NO7P. The fourth-order valence-corrected chi connectivity index (χ4v) is 3.46. The molecule has 1 N–H and O–H groups in total. The Kier molecular flexibility index (Phi) is 10.5. The Labute approximate surface area is 172 Å². The Morgan fingerprint density at radius 1 is 1.07 bits per heavy atom. The van der Waals surface area contributed by atoms with Gasteiger partial charge in [-0.2, -0.15) is 13.2 Å². The van der Waals surface area contributed by atoms with Gasteiger partial charge in [0.15, 0.2) is 0 Å². The molecule has 1 aromatic rings. The zero-order valence-electron chi connectivity index (χ0n) is 16.9. The molecule has 0 spiro atoms. The lowest BCUT2D eigenvalue weighted by atomic mass is 10.1. The number of phosphoric acid groups is 1. The number of unbranched alkanes of at least 4 members (excludes halogenated alkanes) is 1. The van der Waals surface area contributed by atoms with Crippen LogP contribution in [0.15, 0.2) is 18.2 Å². The van der Waals surface area contributed by atoms with Crippen molar-refractivity contribution in [2.45, 2.75) is 39.8 Å². The van der Waals surface area contributed by atoms with E-state index >= 15 is 0 Å². The molecular weight excluding hydrogens is 430 g/mol. The summed E-state index contributed by atoms with van der Waals surface area (Å²) in [5.74, 6) is -2.03. The van der Waals surface area contributed by atoms with Crippen molar-refractivity contribution in [2.75, 3.05) is 26.4 Å². The van der Waals surface area contributed by atoms with Gasteiger partial charge in [-0.05, 0) is 44.9 Å². The molecule has 0 heterocycles. The highest BCUT2D eigenvalue weighted by molar-refractivity contribution is 7.48. The summed E-state index contributed by atoms with van der Waals surface area (Å²) < 4.78 is 70.5. The molecule has 0 saturated carbocycles. The Balaban J connectivity index is 2.60. The fraction of sp³-hybridized carbons (Fsp3) is 0.556. The van der Waals surface area contributed by atoms with Crippen LogP contribution in [0, 0.1) is 0 Å². The summed E-state index contributed by atoms with van der Waals surface area (Å²) in [5, 5.41) is 2.52. The number of esters is 1. The van der Waals surface area contributed by atoms with Crippen LogP contribution in [0.25, 0.3) is 0 Å². The lowest BCUT2D eigenvalue weighted by Gasteiger charge is -2.16. The average molecular weight is 455 g/mol. The minimum absolute atomic E-state index is 0.0616. The largest absolute Gasteiger partial charge is 0.474 e. The summed E-state index contributed by atoms with van der Waals surface area (Å²) >= 11 is 0. The second kappa shape index (κ2) is 12.0. The van der Waals surface area contributed by atoms with E-state index in [-0.39, 0.29) is 31.9 Å². The molecule has 1 rings (SSSR count). The van der Waals surface area contributed by atoms with Crippen LogP contribution in [0.2, 0.25) is 0 Å². The van der Waals surface area contributed by atoms with E-state index in [1.807, 2.05) is 0 Å². The summed E-state index contributed by atoms with van der Waals surface area (Å²) in [7, 11) is -3.60. The number of rotatable bonds is 12. The molecule has 0 aliphatic carbocycles. The van der Waals surface area contributed by atoms with Gasteiger partial charge in [-0.25, -0.2) is 4.57 Å². The number of halogens is 3. The predicted octanol–water partition coefficient (Wildman–Crippen LogP) is 4.34. The van der Waals surface area contributed by atoms with Gasteiger partial charge in [0.05, 0.1) is 30.9 Å². The van der Waals surface area contributed by atoms with Gasteiger partial charge in [-0.15, -0.1) is 0 Å². The SMILES string of the molecule is CCOP(=O)(OCC)OCCCCNC(=O)c1ccc(C(F)(F)F)cc1OC(C)=O. The molecule has 30 heavy (non-hydrogen) atoms. The van der Waals surface area contributed by atoms with E-state index < -0.39 is 37.2 Å². The number of amides is 1. The normalized spacial score (nSPS) is 11.9. The van der Waals surface area contributed by atoms with Crippen molar-refractivity contribution in [3.63, 3.8) is 0 Å². The Bertz CT molecular complexity index is 761. The van der Waals surface area contributed by atoms with Crippen LogP contribution in [0.5, 0.6) is 5.75 Å². The van der Waals surface area contributed by atoms with E-state index in [9.17, 15) is 27.3 Å². The third kappa shape index (κ3) is 8.83. The monoisotopic (exact) mass is 455 g/mol. The van der Waals surface area contributed by atoms with Gasteiger partial charge in [-0.1, -0.05) is 0 Å². The first-order valence-electron chi connectivity index (χ1n) is 9.24. The minimum Gasteiger partial charge on any atom is -0.426 e. The van der Waals surface area contributed by atoms with E-state index in [4.69, 9.17) is 18.3 Å². The van der Waals surface area contributed by atoms with Crippen LogP contribution in [0.4, 0.5) is 13.2 Å². The van der Waals surface area contributed by atoms with E-state index in [2.05, 4.69) is 5.32 Å². The van der Waals surface area contributed by atoms with Crippen LogP contribution in [0.1, 0.15) is 49.5 Å². The molecule has 12 heteroatoms. The first kappa shape index (κ1) is 26.1. The standard InChI is InChI=1S/C18H25F3NO7P/c1-4-26-30(25,27-5-2)28-11-7-6-10-22-17(24)15-9-8-14(18(19,20)21)12-16(15)29-13(3)23/h8-9,12H,4-7,10-11H2,1-3H3,(H,22,24). The smallest absolute Gasteiger partial charge is 0.426 e. The Morgan fingerprint density at radius 2 is 1.70 bits per heavy atom. The van der Waals surface area contributed by atoms with Crippen molar-refractivity contribution < 1.29 is 45.6 Å². The minimum atomic E-state index is -4.65. The summed E-state index contributed by atoms with van der Waals surface area (Å²) in [6, 6.07) is 2.28. The van der Waals surface area contributed by atoms with E-state index in [1.54, 1.807) is 13.8 Å². The van der Waals surface area contributed by atoms with E-state index in [1.165, 1.54) is 0 Å². The molecule has 8 nitrogen and oxygen atoms in total. The molecule has 0 aromatic heterocycles. The van der Waals surface area contributed by atoms with E-state index in [0.717, 1.165) is 19.1 Å². The molecule has 0 aliphatic rings. The van der Waals surface area contributed by atoms with Crippen molar-refractivity contribution in [1.29, 1.82) is 0 Å². The maximum absolute atomic E-state index is 12.8. The zero-order valence-corrected chi connectivity index (χ0v) is 17.8. The van der Waals surface area contributed by atoms with Crippen molar-refractivity contribution >= 4 is 19.7 Å². The Hall–Kier alpha value is -1.94.